The second-order valence-corrected chi connectivity index (χ2v) is 37.5. The molecule has 3 N–H and O–H groups in total. The molecule has 4 heterocycles. The first-order valence-corrected chi connectivity index (χ1v) is 40.7. The number of hydrogen-bond acceptors (Lipinski definition) is 18. The zero-order valence-corrected chi connectivity index (χ0v) is 69.3. The second-order valence-electron chi connectivity index (χ2n) is 33.2. The lowest BCUT2D eigenvalue weighted by Crippen LogP contribution is -2.67. The van der Waals surface area contributed by atoms with Crippen LogP contribution in [0.25, 0.3) is 22.8 Å². The minimum absolute atomic E-state index is 0.00776. The molecule has 622 valence electrons. The molecule has 0 bridgehead atoms. The van der Waals surface area contributed by atoms with Gasteiger partial charge < -0.3 is 56.8 Å². The Kier molecular flexibility index (Phi) is 32.1. The standard InChI is InChI=1S/C49H66F3N5O7Si.C33H48F3N5O7/c1-11-12-13-14-15-22-31-60-39-28-27-34(32-38(39)49(50,51)52)41-53-42(64-56-41)40-35(29-30-57(40)43(54-44(58)62-46(2,3)4)55-45(59)63-47(5,6)7)33-61-65(48(8,9)10,36-23-18-16-19-24-36)37-25-20-17-21-26-37;1-8-9-10-11-12-13-18-45-24-15-14-21(19-23(24)33(34,35)36)26-37-27(48-40-26)25-22(20-42)16-17-41(25)28(38-29(43)46-31(2,3)4)39-30(44)47-32(5,6)7/h16-21,23-28,32,35,40H,11-15,22,29-31,33H2,1-10H3,(H,54,55,58,59);14-15,19,22,25,42H,8-13,16-18,20H2,1-7H3,(H,38,39,43,44)/t35-,40+;22-,25+/m11/s1. The first-order valence-electron chi connectivity index (χ1n) is 38.8. The zero-order valence-electron chi connectivity index (χ0n) is 68.3. The number of carbonyl (C=O) groups is 4. The third-order valence-electron chi connectivity index (χ3n) is 18.1. The van der Waals surface area contributed by atoms with Crippen LogP contribution >= 0.6 is 0 Å². The van der Waals surface area contributed by atoms with E-state index in [2.05, 4.69) is 94.8 Å². The number of nitrogens with zero attached hydrogens (tertiary/aromatic N) is 8. The number of aromatic nitrogens is 4. The highest BCUT2D eigenvalue weighted by molar-refractivity contribution is 6.99. The smallest absolute Gasteiger partial charge is 0.437 e. The van der Waals surface area contributed by atoms with E-state index in [1.807, 2.05) is 36.4 Å². The summed E-state index contributed by atoms with van der Waals surface area (Å²) in [4.78, 5) is 72.7. The maximum Gasteiger partial charge on any atom is 0.437 e. The fourth-order valence-electron chi connectivity index (χ4n) is 13.2. The number of benzene rings is 4. The number of unbranched alkanes of at least 4 members (excludes halogenated alkanes) is 10. The molecule has 24 nitrogen and oxygen atoms in total. The Hall–Kier alpha value is -9.10. The van der Waals surface area contributed by atoms with Crippen molar-refractivity contribution in [2.45, 2.75) is 259 Å². The van der Waals surface area contributed by atoms with Crippen LogP contribution in [0.3, 0.4) is 0 Å². The molecule has 4 atom stereocenters. The molecular weight excluding hydrogens is 1490 g/mol. The maximum atomic E-state index is 14.6. The van der Waals surface area contributed by atoms with Crippen LogP contribution in [0.5, 0.6) is 11.5 Å². The summed E-state index contributed by atoms with van der Waals surface area (Å²) >= 11 is 0. The minimum atomic E-state index is -4.73. The number of aliphatic hydroxyl groups excluding tert-OH is 1. The molecule has 8 rings (SSSR count). The van der Waals surface area contributed by atoms with Crippen LogP contribution in [-0.2, 0) is 35.7 Å². The van der Waals surface area contributed by atoms with Crippen molar-refractivity contribution in [3.63, 3.8) is 0 Å². The van der Waals surface area contributed by atoms with Gasteiger partial charge in [-0.1, -0.05) is 170 Å². The predicted octanol–water partition coefficient (Wildman–Crippen LogP) is 18.9. The molecule has 4 amide bonds. The molecule has 4 aromatic carbocycles. The Labute approximate surface area is 660 Å². The van der Waals surface area contributed by atoms with Gasteiger partial charge in [-0.05, 0) is 161 Å². The summed E-state index contributed by atoms with van der Waals surface area (Å²) in [5.41, 5.74) is -5.42. The average Bonchev–Trinajstić information content (AvgIpc) is 1.40. The summed E-state index contributed by atoms with van der Waals surface area (Å²) in [7, 11) is -3.10. The molecule has 2 saturated heterocycles. The zero-order chi connectivity index (χ0) is 83.3. The van der Waals surface area contributed by atoms with E-state index in [-0.39, 0.29) is 103 Å². The summed E-state index contributed by atoms with van der Waals surface area (Å²) in [6.07, 6.45) is -0.743. The van der Waals surface area contributed by atoms with Crippen molar-refractivity contribution in [2.75, 3.05) is 39.5 Å². The molecule has 0 saturated carbocycles. The van der Waals surface area contributed by atoms with Gasteiger partial charge in [-0.25, -0.2) is 19.2 Å². The quantitative estimate of drug-likeness (QED) is 0.0114. The molecule has 113 heavy (non-hydrogen) atoms. The van der Waals surface area contributed by atoms with Crippen molar-refractivity contribution in [3.8, 4) is 34.3 Å². The lowest BCUT2D eigenvalue weighted by Gasteiger charge is -2.43. The van der Waals surface area contributed by atoms with Crippen LogP contribution in [0.1, 0.15) is 243 Å². The summed E-state index contributed by atoms with van der Waals surface area (Å²) in [5.74, 6) is -2.26. The van der Waals surface area contributed by atoms with E-state index in [1.54, 1.807) is 88.0 Å². The van der Waals surface area contributed by atoms with Crippen molar-refractivity contribution < 1.29 is 92.5 Å². The first-order chi connectivity index (χ1) is 52.9. The monoisotopic (exact) mass is 1600 g/mol. The van der Waals surface area contributed by atoms with Crippen molar-refractivity contribution in [2.24, 2.45) is 21.8 Å². The number of alkyl carbamates (subject to hydrolysis) is 2. The molecule has 0 unspecified atom stereocenters. The topological polar surface area (TPSA) is 286 Å². The number of aliphatic imine (C=N–C) groups is 2. The predicted molar refractivity (Wildman–Crippen MR) is 419 cm³/mol. The number of rotatable bonds is 26. The number of amides is 4. The molecule has 0 aliphatic carbocycles. The van der Waals surface area contributed by atoms with Crippen molar-refractivity contribution in [1.82, 2.24) is 40.7 Å². The van der Waals surface area contributed by atoms with E-state index in [4.69, 9.17) is 46.9 Å². The second kappa shape index (κ2) is 39.8. The third kappa shape index (κ3) is 27.3. The van der Waals surface area contributed by atoms with Gasteiger partial charge in [0.2, 0.25) is 35.3 Å². The summed E-state index contributed by atoms with van der Waals surface area (Å²) in [6.45, 7) is 31.4. The Morgan fingerprint density at radius 1 is 0.504 bits per heavy atom. The number of aliphatic hydroxyl groups is 1. The van der Waals surface area contributed by atoms with E-state index in [9.17, 15) is 50.6 Å². The number of alkyl halides is 6. The fourth-order valence-corrected chi connectivity index (χ4v) is 17.8. The number of nitrogens with one attached hydrogen (secondary N) is 2. The maximum absolute atomic E-state index is 14.6. The first kappa shape index (κ1) is 91.1. The fraction of sp³-hybridized carbons (Fsp3) is 0.585. The lowest BCUT2D eigenvalue weighted by atomic mass is 10.0. The number of likely N-dealkylation sites (tertiary alicyclic amines) is 2. The molecule has 2 aliphatic heterocycles. The van der Waals surface area contributed by atoms with Gasteiger partial charge in [0.1, 0.15) is 46.0 Å². The minimum Gasteiger partial charge on any atom is -0.493 e. The molecule has 2 aromatic heterocycles. The number of hydrogen-bond donors (Lipinski definition) is 3. The van der Waals surface area contributed by atoms with Crippen LogP contribution in [0.4, 0.5) is 45.5 Å². The van der Waals surface area contributed by atoms with Crippen LogP contribution in [0.15, 0.2) is 116 Å². The highest BCUT2D eigenvalue weighted by Gasteiger charge is 2.53. The normalized spacial score (nSPS) is 16.8. The van der Waals surface area contributed by atoms with Crippen LogP contribution < -0.4 is 30.5 Å². The van der Waals surface area contributed by atoms with Gasteiger partial charge in [-0.2, -0.15) is 36.3 Å². The number of ether oxygens (including phenoxy) is 6. The van der Waals surface area contributed by atoms with E-state index >= 15 is 0 Å². The molecule has 6 aromatic rings. The number of halogens is 6. The Morgan fingerprint density at radius 3 is 1.22 bits per heavy atom. The summed E-state index contributed by atoms with van der Waals surface area (Å²) < 4.78 is 138. The Bertz CT molecular complexity index is 4070. The highest BCUT2D eigenvalue weighted by Crippen LogP contribution is 2.45. The number of guanidine groups is 2. The average molecular weight is 1610 g/mol. The van der Waals surface area contributed by atoms with E-state index in [1.165, 1.54) is 29.2 Å². The third-order valence-corrected chi connectivity index (χ3v) is 23.2. The van der Waals surface area contributed by atoms with E-state index in [0.717, 1.165) is 86.7 Å². The lowest BCUT2D eigenvalue weighted by molar-refractivity contribution is -0.139. The van der Waals surface area contributed by atoms with Gasteiger partial charge >= 0.3 is 36.7 Å². The summed E-state index contributed by atoms with van der Waals surface area (Å²) in [6, 6.07) is 25.7. The van der Waals surface area contributed by atoms with Crippen molar-refractivity contribution >= 4 is 55.0 Å². The largest absolute Gasteiger partial charge is 0.493 e. The van der Waals surface area contributed by atoms with E-state index in [0.29, 0.717) is 25.7 Å². The Morgan fingerprint density at radius 2 is 0.867 bits per heavy atom. The molecule has 0 spiro atoms. The SMILES string of the molecule is CCCCCCCCOc1ccc(-c2noc([C@@H]3[C@@H](CO)CCN3C(=NC(=O)OC(C)(C)C)NC(=O)OC(C)(C)C)n2)cc1C(F)(F)F.CCCCCCCCOc1ccc(-c2noc([C@@H]3[C@@H](CO[Si](c4ccccc4)(c4ccccc4)C(C)(C)C)CCN3C(=NC(=O)OC(C)(C)C)NC(=O)OC(C)(C)C)n2)cc1C(F)(F)F. The van der Waals surface area contributed by atoms with Crippen molar-refractivity contribution in [1.29, 1.82) is 0 Å². The number of carbonyl (C=O) groups excluding carboxylic acids is 4. The molecule has 0 radical (unpaired) electrons. The van der Waals surface area contributed by atoms with Gasteiger partial charge in [-0.15, -0.1) is 9.98 Å². The molecular formula is C82H114F6N10O14Si. The molecule has 2 aliphatic rings. The van der Waals surface area contributed by atoms with E-state index < -0.39 is 102 Å². The highest BCUT2D eigenvalue weighted by atomic mass is 28.4. The Balaban J connectivity index is 0.000000328. The molecule has 31 heteroatoms. The van der Waals surface area contributed by atoms with Gasteiger partial charge in [0.15, 0.2) is 0 Å². The van der Waals surface area contributed by atoms with Crippen LogP contribution in [-0.4, -0.2) is 142 Å². The van der Waals surface area contributed by atoms with Crippen LogP contribution in [0.2, 0.25) is 5.04 Å². The van der Waals surface area contributed by atoms with Gasteiger partial charge in [0, 0.05) is 49.3 Å². The van der Waals surface area contributed by atoms with Gasteiger partial charge in [0.25, 0.3) is 8.32 Å². The summed E-state index contributed by atoms with van der Waals surface area (Å²) in [5, 5.41) is 25.2. The van der Waals surface area contributed by atoms with Crippen LogP contribution in [0, 0.1) is 11.8 Å². The van der Waals surface area contributed by atoms with Gasteiger partial charge in [-0.3, -0.25) is 10.6 Å². The van der Waals surface area contributed by atoms with Gasteiger partial charge in [0.05, 0.1) is 24.3 Å². The molecule has 2 fully saturated rings. The van der Waals surface area contributed by atoms with Crippen molar-refractivity contribution in [3.05, 3.63) is 120 Å².